The number of hydrogen-bond acceptors (Lipinski definition) is 7. The Morgan fingerprint density at radius 3 is 2.59 bits per heavy atom. The first kappa shape index (κ1) is 23.5. The third-order valence-corrected chi connectivity index (χ3v) is 5.75. The number of pyridine rings is 1. The summed E-state index contributed by atoms with van der Waals surface area (Å²) in [7, 11) is 1.68. The van der Waals surface area contributed by atoms with Crippen molar-refractivity contribution in [2.45, 2.75) is 71.0 Å². The second-order valence-electron chi connectivity index (χ2n) is 8.05. The lowest BCUT2D eigenvalue weighted by Gasteiger charge is -2.20. The number of amides is 1. The summed E-state index contributed by atoms with van der Waals surface area (Å²) in [6.45, 7) is 3.82. The van der Waals surface area contributed by atoms with Crippen LogP contribution < -0.4 is 10.1 Å². The van der Waals surface area contributed by atoms with Crippen LogP contribution in [-0.4, -0.2) is 49.4 Å². The van der Waals surface area contributed by atoms with Crippen molar-refractivity contribution in [3.63, 3.8) is 0 Å². The lowest BCUT2D eigenvalue weighted by Crippen LogP contribution is -2.24. The molecule has 0 spiro atoms. The lowest BCUT2D eigenvalue weighted by atomic mass is 9.97. The van der Waals surface area contributed by atoms with Crippen LogP contribution >= 0.6 is 0 Å². The van der Waals surface area contributed by atoms with Crippen LogP contribution in [0.2, 0.25) is 0 Å². The molecule has 0 unspecified atom stereocenters. The highest BCUT2D eigenvalue weighted by molar-refractivity contribution is 5.88. The molecule has 1 saturated carbocycles. The second-order valence-corrected chi connectivity index (χ2v) is 8.05. The van der Waals surface area contributed by atoms with Crippen molar-refractivity contribution in [2.75, 3.05) is 5.32 Å². The molecule has 2 atom stereocenters. The number of nitrogens with zero attached hydrogens (tertiary/aromatic N) is 4. The second kappa shape index (κ2) is 10.9. The van der Waals surface area contributed by atoms with Crippen LogP contribution in [0.5, 0.6) is 5.75 Å². The molecular formula is C22H31N5O5. The zero-order valence-corrected chi connectivity index (χ0v) is 18.8. The molecule has 32 heavy (non-hydrogen) atoms. The van der Waals surface area contributed by atoms with E-state index in [1.165, 1.54) is 4.68 Å². The average molecular weight is 446 g/mol. The van der Waals surface area contributed by atoms with E-state index in [1.54, 1.807) is 25.4 Å². The summed E-state index contributed by atoms with van der Waals surface area (Å²) in [4.78, 5) is 28.0. The minimum atomic E-state index is -0.808. The highest BCUT2D eigenvalue weighted by Gasteiger charge is 2.23. The predicted octanol–water partition coefficient (Wildman–Crippen LogP) is 4.03. The monoisotopic (exact) mass is 445 g/mol. The molecule has 10 nitrogen and oxygen atoms in total. The molecule has 0 aliphatic heterocycles. The van der Waals surface area contributed by atoms with Gasteiger partial charge in [0.25, 0.3) is 0 Å². The number of carboxylic acid groups (broad SMARTS) is 1. The van der Waals surface area contributed by atoms with Gasteiger partial charge in [0.05, 0.1) is 23.9 Å². The maximum atomic E-state index is 12.3. The average Bonchev–Trinajstić information content (AvgIpc) is 3.41. The van der Waals surface area contributed by atoms with Crippen LogP contribution in [0.25, 0.3) is 11.4 Å². The van der Waals surface area contributed by atoms with E-state index in [1.807, 2.05) is 13.8 Å². The minimum Gasteiger partial charge on any atom is -0.489 e. The fourth-order valence-electron chi connectivity index (χ4n) is 3.79. The van der Waals surface area contributed by atoms with Gasteiger partial charge in [0.2, 0.25) is 0 Å². The number of ether oxygens (including phenoxy) is 2. The van der Waals surface area contributed by atoms with Gasteiger partial charge in [-0.2, -0.15) is 0 Å². The van der Waals surface area contributed by atoms with E-state index in [-0.39, 0.29) is 12.2 Å². The van der Waals surface area contributed by atoms with Crippen molar-refractivity contribution in [1.82, 2.24) is 20.0 Å². The van der Waals surface area contributed by atoms with E-state index in [0.717, 1.165) is 25.7 Å². The van der Waals surface area contributed by atoms with Crippen LogP contribution in [0.15, 0.2) is 18.3 Å². The Bertz CT molecular complexity index is 908. The molecule has 174 valence electrons. The van der Waals surface area contributed by atoms with Gasteiger partial charge in [-0.1, -0.05) is 19.1 Å². The van der Waals surface area contributed by atoms with Crippen LogP contribution in [0.1, 0.15) is 58.8 Å². The predicted molar refractivity (Wildman–Crippen MR) is 117 cm³/mol. The molecule has 2 aromatic rings. The molecule has 2 N–H and O–H groups in total. The van der Waals surface area contributed by atoms with E-state index in [2.05, 4.69) is 20.6 Å². The number of hydrogen-bond donors (Lipinski definition) is 2. The number of anilines is 1. The molecule has 2 aromatic heterocycles. The molecular weight excluding hydrogens is 414 g/mol. The molecule has 1 fully saturated rings. The van der Waals surface area contributed by atoms with Gasteiger partial charge in [-0.05, 0) is 57.1 Å². The molecule has 0 aromatic carbocycles. The molecule has 1 amide bonds. The zero-order chi connectivity index (χ0) is 23.1. The van der Waals surface area contributed by atoms with E-state index >= 15 is 0 Å². The Hall–Kier alpha value is -3.17. The maximum Gasteiger partial charge on any atom is 0.413 e. The summed E-state index contributed by atoms with van der Waals surface area (Å²) in [5, 5.41) is 20.1. The van der Waals surface area contributed by atoms with Gasteiger partial charge in [-0.25, -0.2) is 9.48 Å². The van der Waals surface area contributed by atoms with Crippen LogP contribution in [-0.2, 0) is 16.6 Å². The molecule has 0 saturated heterocycles. The fraction of sp³-hybridized carbons (Fsp3) is 0.591. The summed E-state index contributed by atoms with van der Waals surface area (Å²) in [6.07, 6.45) is 6.36. The Morgan fingerprint density at radius 2 is 2.00 bits per heavy atom. The number of nitrogens with one attached hydrogen (secondary N) is 1. The van der Waals surface area contributed by atoms with Crippen molar-refractivity contribution in [3.05, 3.63) is 18.3 Å². The number of carbonyl (C=O) groups excluding carboxylic acids is 1. The van der Waals surface area contributed by atoms with E-state index in [4.69, 9.17) is 9.47 Å². The van der Waals surface area contributed by atoms with Gasteiger partial charge in [-0.15, -0.1) is 5.10 Å². The van der Waals surface area contributed by atoms with Crippen LogP contribution in [0.3, 0.4) is 0 Å². The smallest absolute Gasteiger partial charge is 0.413 e. The topological polar surface area (TPSA) is 128 Å². The number of aliphatic carboxylic acids is 1. The normalized spacial score (nSPS) is 15.8. The van der Waals surface area contributed by atoms with Gasteiger partial charge in [0.1, 0.15) is 11.9 Å². The molecule has 1 aliphatic carbocycles. The highest BCUT2D eigenvalue weighted by Crippen LogP contribution is 2.27. The van der Waals surface area contributed by atoms with Crippen molar-refractivity contribution in [2.24, 2.45) is 13.0 Å². The largest absolute Gasteiger partial charge is 0.489 e. The van der Waals surface area contributed by atoms with Crippen molar-refractivity contribution in [1.29, 1.82) is 0 Å². The first-order chi connectivity index (χ1) is 15.4. The quantitative estimate of drug-likeness (QED) is 0.561. The highest BCUT2D eigenvalue weighted by atomic mass is 16.6. The molecule has 0 radical (unpaired) electrons. The number of carbonyl (C=O) groups is 2. The Morgan fingerprint density at radius 1 is 1.25 bits per heavy atom. The minimum absolute atomic E-state index is 0.0471. The molecule has 10 heteroatoms. The molecule has 1 aliphatic rings. The van der Waals surface area contributed by atoms with Crippen LogP contribution in [0, 0.1) is 5.92 Å². The number of aromatic nitrogens is 4. The summed E-state index contributed by atoms with van der Waals surface area (Å²) in [5.41, 5.74) is 0.943. The van der Waals surface area contributed by atoms with Crippen LogP contribution in [0.4, 0.5) is 10.6 Å². The fourth-order valence-corrected chi connectivity index (χ4v) is 3.79. The third kappa shape index (κ3) is 5.95. The van der Waals surface area contributed by atoms with Crippen molar-refractivity contribution >= 4 is 17.9 Å². The first-order valence-corrected chi connectivity index (χ1v) is 11.1. The van der Waals surface area contributed by atoms with Crippen molar-refractivity contribution < 1.29 is 24.2 Å². The lowest BCUT2D eigenvalue weighted by molar-refractivity contribution is -0.142. The summed E-state index contributed by atoms with van der Waals surface area (Å²) in [6, 6.07) is 3.48. The number of rotatable bonds is 10. The standard InChI is InChI=1S/C22H31N5O5/c1-4-14(21(28)29)12-15(5-2)31-17-10-11-18(23-13-17)19-20(27(3)26-25-19)24-22(30)32-16-8-6-7-9-16/h10-11,13-16H,4-9,12H2,1-3H3,(H,24,30)(H,28,29)/t14-,15-/m0/s1. The molecule has 0 bridgehead atoms. The van der Waals surface area contributed by atoms with Gasteiger partial charge in [-0.3, -0.25) is 15.1 Å². The number of carboxylic acids is 1. The summed E-state index contributed by atoms with van der Waals surface area (Å²) < 4.78 is 12.9. The number of aryl methyl sites for hydroxylation is 1. The SMILES string of the molecule is CC[C@@H](C[C@H](CC)C(=O)O)Oc1ccc(-c2nnn(C)c2NC(=O)OC2CCCC2)nc1. The third-order valence-electron chi connectivity index (χ3n) is 5.75. The Balaban J connectivity index is 1.66. The molecule has 2 heterocycles. The maximum absolute atomic E-state index is 12.3. The molecule has 3 rings (SSSR count). The first-order valence-electron chi connectivity index (χ1n) is 11.1. The zero-order valence-electron chi connectivity index (χ0n) is 18.8. The Kier molecular flexibility index (Phi) is 8.02. The van der Waals surface area contributed by atoms with Gasteiger partial charge in [0, 0.05) is 7.05 Å². The van der Waals surface area contributed by atoms with Gasteiger partial charge < -0.3 is 14.6 Å². The summed E-state index contributed by atoms with van der Waals surface area (Å²) >= 11 is 0. The van der Waals surface area contributed by atoms with E-state index in [9.17, 15) is 14.7 Å². The van der Waals surface area contributed by atoms with Crippen molar-refractivity contribution in [3.8, 4) is 17.1 Å². The summed E-state index contributed by atoms with van der Waals surface area (Å²) in [5.74, 6) is -0.311. The van der Waals surface area contributed by atoms with Gasteiger partial charge >= 0.3 is 12.1 Å². The van der Waals surface area contributed by atoms with E-state index < -0.39 is 18.0 Å². The van der Waals surface area contributed by atoms with E-state index in [0.29, 0.717) is 42.2 Å². The van der Waals surface area contributed by atoms with Gasteiger partial charge in [0.15, 0.2) is 11.5 Å². The Labute approximate surface area is 187 Å².